The fourth-order valence-electron chi connectivity index (χ4n) is 8.60. The van der Waals surface area contributed by atoms with Crippen LogP contribution in [0.15, 0.2) is 0 Å². The van der Waals surface area contributed by atoms with Crippen molar-refractivity contribution in [1.82, 2.24) is 9.80 Å². The van der Waals surface area contributed by atoms with Crippen molar-refractivity contribution in [1.29, 1.82) is 0 Å². The molecule has 1 atom stereocenters. The van der Waals surface area contributed by atoms with Gasteiger partial charge in [0, 0.05) is 26.2 Å². The van der Waals surface area contributed by atoms with E-state index in [1.807, 2.05) is 4.90 Å². The number of carboxylic acids is 1. The number of ether oxygens (including phenoxy) is 4. The van der Waals surface area contributed by atoms with Crippen LogP contribution in [0.4, 0.5) is 0 Å². The summed E-state index contributed by atoms with van der Waals surface area (Å²) >= 11 is 0. The molecule has 0 aliphatic carbocycles. The molecule has 80 heavy (non-hydrogen) atoms. The average Bonchev–Trinajstić information content (AvgIpc) is 3.44. The predicted molar refractivity (Wildman–Crippen MR) is 286 cm³/mol. The molecule has 0 spiro atoms. The number of nitrogens with zero attached hydrogens (tertiary/aromatic N) is 2. The molecule has 0 aromatic rings. The van der Waals surface area contributed by atoms with E-state index < -0.39 is 12.0 Å². The van der Waals surface area contributed by atoms with E-state index >= 15 is 0 Å². The molecule has 1 unspecified atom stereocenters. The van der Waals surface area contributed by atoms with Crippen molar-refractivity contribution in [2.45, 2.75) is 264 Å². The molecule has 0 amide bonds. The SMILES string of the molecule is CCCCCCCCCCCCOC(=O)CCN(CCCCC(C(=O)O)N(CCC(=O)OCCCCCCCCCCCC)CCC(=O)OCCCCCCCCCCCC)CCC(=O)OC.[K+].[O-]OOOOOOOOOOO. The van der Waals surface area contributed by atoms with E-state index in [1.165, 1.54) is 142 Å². The Morgan fingerprint density at radius 2 is 0.713 bits per heavy atom. The molecular formula is C55H105KN2O22. The van der Waals surface area contributed by atoms with Gasteiger partial charge in [0.1, 0.15) is 6.04 Å². The topological polar surface area (TPSA) is 285 Å². The quantitative estimate of drug-likeness (QED) is 0.0144. The second kappa shape index (κ2) is 68.2. The molecule has 0 heterocycles. The van der Waals surface area contributed by atoms with Gasteiger partial charge in [0.25, 0.3) is 0 Å². The second-order valence-corrected chi connectivity index (χ2v) is 19.7. The Morgan fingerprint density at radius 3 is 1.04 bits per heavy atom. The fraction of sp³-hybridized carbons (Fsp3) is 0.909. The Labute approximate surface area is 520 Å². The van der Waals surface area contributed by atoms with Gasteiger partial charge in [0.15, 0.2) is 0 Å². The molecule has 24 nitrogen and oxygen atoms in total. The van der Waals surface area contributed by atoms with Crippen LogP contribution < -0.4 is 56.6 Å². The molecule has 2 N–H and O–H groups in total. The van der Waals surface area contributed by atoms with Crippen LogP contribution in [-0.4, -0.2) is 116 Å². The van der Waals surface area contributed by atoms with Crippen LogP contribution in [0.3, 0.4) is 0 Å². The molecule has 25 heteroatoms. The molecule has 0 rings (SSSR count). The molecule has 0 radical (unpaired) electrons. The number of aliphatic carboxylic acids is 1. The van der Waals surface area contributed by atoms with Crippen molar-refractivity contribution >= 4 is 29.8 Å². The van der Waals surface area contributed by atoms with Crippen molar-refractivity contribution in [3.63, 3.8) is 0 Å². The first-order valence-corrected chi connectivity index (χ1v) is 29.8. The normalized spacial score (nSPS) is 11.5. The average molecular weight is 1190 g/mol. The summed E-state index contributed by atoms with van der Waals surface area (Å²) in [5, 5.41) is 58.4. The number of carbonyl (C=O) groups excluding carboxylic acids is 4. The number of rotatable bonds is 61. The molecular weight excluding hydrogens is 1080 g/mol. The standard InChI is InChI=1S/C55H104N2O10.K.H2O12/c1-5-8-11-14-17-20-23-26-29-34-47-65-52(59)39-44-56(43-38-51(58)64-4)42-33-32-37-50(55(62)63)57(45-40-53(60)66-48-35-30-27-24-21-18-15-12-9-6-2)46-41-54(61)67-49-36-31-28-25-22-19-16-13-10-7-3;;1-3-5-7-9-11-12-10-8-6-4-2/h50H,5-49H2,1-4H3,(H,62,63);;1-2H/q;+1;/p-1. The van der Waals surface area contributed by atoms with Crippen molar-refractivity contribution < 1.29 is 160 Å². The summed E-state index contributed by atoms with van der Waals surface area (Å²) in [4.78, 5) is 66.8. The summed E-state index contributed by atoms with van der Waals surface area (Å²) in [7, 11) is 1.35. The maximum Gasteiger partial charge on any atom is 1.00 e. The number of methoxy groups -OCH3 is 1. The molecule has 0 saturated carbocycles. The second-order valence-electron chi connectivity index (χ2n) is 19.7. The van der Waals surface area contributed by atoms with Crippen molar-refractivity contribution in [3.05, 3.63) is 0 Å². The molecule has 0 aromatic carbocycles. The van der Waals surface area contributed by atoms with Crippen LogP contribution in [0.2, 0.25) is 0 Å². The summed E-state index contributed by atoms with van der Waals surface area (Å²) in [5.41, 5.74) is 0. The van der Waals surface area contributed by atoms with Crippen molar-refractivity contribution in [2.75, 3.05) is 59.7 Å². The number of hydrogen-bond acceptors (Lipinski definition) is 23. The Kier molecular flexibility index (Phi) is 70.5. The van der Waals surface area contributed by atoms with E-state index in [2.05, 4.69) is 71.2 Å². The van der Waals surface area contributed by atoms with Gasteiger partial charge in [-0.05, 0) is 84.0 Å². The Hall–Kier alpha value is -1.57. The van der Waals surface area contributed by atoms with E-state index in [1.54, 1.807) is 4.90 Å². The van der Waals surface area contributed by atoms with E-state index in [9.17, 15) is 29.1 Å². The smallest absolute Gasteiger partial charge is 0.689 e. The van der Waals surface area contributed by atoms with E-state index in [4.69, 9.17) is 29.5 Å². The van der Waals surface area contributed by atoms with Gasteiger partial charge in [-0.2, -0.15) is 0 Å². The third-order valence-corrected chi connectivity index (χ3v) is 13.2. The summed E-state index contributed by atoms with van der Waals surface area (Å²) in [6.45, 7) is 9.53. The van der Waals surface area contributed by atoms with Crippen molar-refractivity contribution in [2.24, 2.45) is 0 Å². The summed E-state index contributed by atoms with van der Waals surface area (Å²) in [6, 6.07) is -0.908. The molecule has 0 aliphatic heterocycles. The van der Waals surface area contributed by atoms with E-state index in [0.717, 1.165) is 57.8 Å². The van der Waals surface area contributed by atoms with Gasteiger partial charge in [-0.15, -0.1) is 0 Å². The number of carboxylic acid groups (broad SMARTS) is 1. The molecule has 0 bridgehead atoms. The predicted octanol–water partition coefficient (Wildman–Crippen LogP) is 8.48. The van der Waals surface area contributed by atoms with Gasteiger partial charge in [-0.1, -0.05) is 201 Å². The van der Waals surface area contributed by atoms with Crippen LogP contribution >= 0.6 is 0 Å². The first kappa shape index (κ1) is 82.6. The molecule has 0 aromatic heterocycles. The van der Waals surface area contributed by atoms with Gasteiger partial charge in [-0.25, -0.2) is 5.26 Å². The number of carbonyl (C=O) groups is 5. The zero-order valence-corrected chi connectivity index (χ0v) is 53.0. The zero-order valence-electron chi connectivity index (χ0n) is 49.9. The minimum Gasteiger partial charge on any atom is -0.689 e. The summed E-state index contributed by atoms with van der Waals surface area (Å²) in [6.07, 6.45) is 37.8. The third-order valence-electron chi connectivity index (χ3n) is 13.2. The minimum absolute atomic E-state index is 0. The largest absolute Gasteiger partial charge is 1.00 e. The number of unbranched alkanes of at least 4 members (excludes halogenated alkanes) is 28. The third kappa shape index (κ3) is 62.5. The Balaban J connectivity index is -0.00000403. The number of hydrogen-bond donors (Lipinski definition) is 2. The first-order chi connectivity index (χ1) is 38.6. The minimum atomic E-state index is -1.01. The maximum absolute atomic E-state index is 12.8. The van der Waals surface area contributed by atoms with Gasteiger partial charge in [-0.3, -0.25) is 33.9 Å². The first-order valence-electron chi connectivity index (χ1n) is 29.8. The van der Waals surface area contributed by atoms with Crippen molar-refractivity contribution in [3.8, 4) is 0 Å². The number of esters is 4. The van der Waals surface area contributed by atoms with E-state index in [0.29, 0.717) is 58.7 Å². The molecule has 0 fully saturated rings. The zero-order chi connectivity index (χ0) is 58.3. The summed E-state index contributed by atoms with van der Waals surface area (Å²) in [5.74, 6) is -2.33. The molecule has 468 valence electrons. The van der Waals surface area contributed by atoms with Crippen LogP contribution in [0.1, 0.15) is 258 Å². The van der Waals surface area contributed by atoms with Gasteiger partial charge in [0.2, 0.25) is 0 Å². The van der Waals surface area contributed by atoms with Crippen LogP contribution in [-0.2, 0) is 93.3 Å². The van der Waals surface area contributed by atoms with Gasteiger partial charge < -0.3 is 34.2 Å². The maximum atomic E-state index is 12.8. The monoisotopic (exact) mass is 1180 g/mol. The van der Waals surface area contributed by atoms with Crippen LogP contribution in [0, 0.1) is 0 Å². The van der Waals surface area contributed by atoms with Gasteiger partial charge >= 0.3 is 81.2 Å². The van der Waals surface area contributed by atoms with E-state index in [-0.39, 0.29) is 114 Å². The van der Waals surface area contributed by atoms with Crippen LogP contribution in [0.25, 0.3) is 0 Å². The molecule has 0 aliphatic rings. The fourth-order valence-corrected chi connectivity index (χ4v) is 8.60. The summed E-state index contributed by atoms with van der Waals surface area (Å²) < 4.78 is 21.5. The van der Waals surface area contributed by atoms with Gasteiger partial charge in [0.05, 0.1) is 52.6 Å². The Morgan fingerprint density at radius 1 is 0.400 bits per heavy atom. The van der Waals surface area contributed by atoms with Crippen LogP contribution in [0.5, 0.6) is 0 Å². The Bertz CT molecular complexity index is 1310. The molecule has 0 saturated heterocycles.